The molecule has 0 amide bonds. The summed E-state index contributed by atoms with van der Waals surface area (Å²) in [6, 6.07) is 0. The van der Waals surface area contributed by atoms with Gasteiger partial charge >= 0.3 is 5.97 Å². The molecule has 2 aromatic heterocycles. The second kappa shape index (κ2) is 4.37. The molecule has 1 fully saturated rings. The number of aliphatic hydroxyl groups is 2. The van der Waals surface area contributed by atoms with E-state index in [1.54, 1.807) is 0 Å². The number of imidazole rings is 1. The first kappa shape index (κ1) is 12.7. The number of nitrogen functional groups attached to an aromatic ring is 1. The van der Waals surface area contributed by atoms with E-state index in [1.807, 2.05) is 0 Å². The van der Waals surface area contributed by atoms with Crippen LogP contribution in [0.3, 0.4) is 0 Å². The Morgan fingerprint density at radius 3 is 2.70 bits per heavy atom. The van der Waals surface area contributed by atoms with Crippen LogP contribution in [0.4, 0.5) is 5.82 Å². The van der Waals surface area contributed by atoms with E-state index in [1.165, 1.54) is 17.2 Å². The zero-order valence-corrected chi connectivity index (χ0v) is 9.99. The van der Waals surface area contributed by atoms with E-state index in [0.29, 0.717) is 5.52 Å². The highest BCUT2D eigenvalue weighted by Crippen LogP contribution is 2.31. The molecule has 106 valence electrons. The lowest BCUT2D eigenvalue weighted by Crippen LogP contribution is -2.35. The van der Waals surface area contributed by atoms with Crippen LogP contribution in [0.2, 0.25) is 0 Å². The molecule has 0 saturated carbocycles. The minimum atomic E-state index is -1.55. The van der Waals surface area contributed by atoms with Crippen molar-refractivity contribution in [2.24, 2.45) is 0 Å². The van der Waals surface area contributed by atoms with E-state index in [2.05, 4.69) is 15.0 Å². The molecule has 0 radical (unpaired) electrons. The number of carbonyl (C=O) groups is 1. The van der Waals surface area contributed by atoms with Crippen molar-refractivity contribution in [3.8, 4) is 0 Å². The SMILES string of the molecule is Nc1ncnc2c1ncn2[C@H]1O[C@@H](C(=O)O)[C@@H](O)[C@H]1O. The number of anilines is 1. The molecule has 4 atom stereocenters. The van der Waals surface area contributed by atoms with Gasteiger partial charge in [0.05, 0.1) is 6.33 Å². The number of fused-ring (bicyclic) bond motifs is 1. The Morgan fingerprint density at radius 2 is 2.05 bits per heavy atom. The lowest BCUT2D eigenvalue weighted by Gasteiger charge is -2.16. The number of rotatable bonds is 2. The monoisotopic (exact) mass is 281 g/mol. The highest BCUT2D eigenvalue weighted by molar-refractivity contribution is 5.81. The van der Waals surface area contributed by atoms with Gasteiger partial charge in [0.2, 0.25) is 0 Å². The molecular weight excluding hydrogens is 270 g/mol. The van der Waals surface area contributed by atoms with E-state index >= 15 is 0 Å². The van der Waals surface area contributed by atoms with Crippen LogP contribution in [0.1, 0.15) is 6.23 Å². The molecule has 0 aliphatic carbocycles. The van der Waals surface area contributed by atoms with Gasteiger partial charge in [0.25, 0.3) is 0 Å². The molecule has 1 aliphatic rings. The summed E-state index contributed by atoms with van der Waals surface area (Å²) in [6.45, 7) is 0. The third kappa shape index (κ3) is 1.70. The fraction of sp³-hybridized carbons (Fsp3) is 0.400. The minimum Gasteiger partial charge on any atom is -0.479 e. The fourth-order valence-electron chi connectivity index (χ4n) is 2.15. The Hall–Kier alpha value is -2.30. The molecule has 10 nitrogen and oxygen atoms in total. The summed E-state index contributed by atoms with van der Waals surface area (Å²) in [5, 5.41) is 28.5. The van der Waals surface area contributed by atoms with Crippen LogP contribution in [0.25, 0.3) is 11.2 Å². The minimum absolute atomic E-state index is 0.150. The molecule has 0 aromatic carbocycles. The number of aliphatic hydroxyl groups excluding tert-OH is 2. The number of aromatic nitrogens is 4. The van der Waals surface area contributed by atoms with Gasteiger partial charge in [-0.25, -0.2) is 19.7 Å². The maximum atomic E-state index is 10.9. The fourth-order valence-corrected chi connectivity index (χ4v) is 2.15. The predicted octanol–water partition coefficient (Wildman–Crippen LogP) is -1.89. The molecule has 20 heavy (non-hydrogen) atoms. The number of nitrogens with two attached hydrogens (primary N) is 1. The Bertz CT molecular complexity index is 673. The van der Waals surface area contributed by atoms with Gasteiger partial charge in [-0.1, -0.05) is 0 Å². The topological polar surface area (TPSA) is 157 Å². The van der Waals surface area contributed by atoms with E-state index in [9.17, 15) is 15.0 Å². The Labute approximate surface area is 111 Å². The van der Waals surface area contributed by atoms with Gasteiger partial charge in [-0.15, -0.1) is 0 Å². The summed E-state index contributed by atoms with van der Waals surface area (Å²) in [4.78, 5) is 22.6. The summed E-state index contributed by atoms with van der Waals surface area (Å²) in [5.74, 6) is -1.21. The number of hydrogen-bond acceptors (Lipinski definition) is 8. The molecule has 0 spiro atoms. The highest BCUT2D eigenvalue weighted by atomic mass is 16.6. The summed E-state index contributed by atoms with van der Waals surface area (Å²) < 4.78 is 6.47. The van der Waals surface area contributed by atoms with Crippen molar-refractivity contribution in [1.29, 1.82) is 0 Å². The zero-order chi connectivity index (χ0) is 14.4. The molecule has 0 unspecified atom stereocenters. The van der Waals surface area contributed by atoms with Crippen molar-refractivity contribution in [3.05, 3.63) is 12.7 Å². The van der Waals surface area contributed by atoms with Gasteiger partial charge in [0.1, 0.15) is 24.1 Å². The van der Waals surface area contributed by atoms with E-state index in [0.717, 1.165) is 0 Å². The molecule has 3 rings (SSSR count). The van der Waals surface area contributed by atoms with Crippen molar-refractivity contribution in [2.75, 3.05) is 5.73 Å². The molecular formula is C10H11N5O5. The van der Waals surface area contributed by atoms with Gasteiger partial charge in [0.15, 0.2) is 23.8 Å². The first-order chi connectivity index (χ1) is 9.50. The second-order valence-electron chi connectivity index (χ2n) is 4.35. The Kier molecular flexibility index (Phi) is 2.78. The average molecular weight is 281 g/mol. The van der Waals surface area contributed by atoms with Crippen LogP contribution >= 0.6 is 0 Å². The normalized spacial score (nSPS) is 29.9. The summed E-state index contributed by atoms with van der Waals surface area (Å²) in [5.41, 5.74) is 6.21. The van der Waals surface area contributed by atoms with E-state index < -0.39 is 30.5 Å². The molecule has 0 bridgehead atoms. The number of aliphatic carboxylic acids is 1. The molecule has 3 heterocycles. The van der Waals surface area contributed by atoms with Crippen LogP contribution in [0.5, 0.6) is 0 Å². The van der Waals surface area contributed by atoms with Crippen molar-refractivity contribution < 1.29 is 24.9 Å². The van der Waals surface area contributed by atoms with Gasteiger partial charge in [0, 0.05) is 0 Å². The smallest absolute Gasteiger partial charge is 0.335 e. The quantitative estimate of drug-likeness (QED) is 0.494. The summed E-state index contributed by atoms with van der Waals surface area (Å²) in [6.07, 6.45) is -3.11. The van der Waals surface area contributed by atoms with Crippen LogP contribution < -0.4 is 5.73 Å². The van der Waals surface area contributed by atoms with E-state index in [4.69, 9.17) is 15.6 Å². The Morgan fingerprint density at radius 1 is 1.30 bits per heavy atom. The first-order valence-electron chi connectivity index (χ1n) is 5.68. The maximum Gasteiger partial charge on any atom is 0.335 e. The Balaban J connectivity index is 2.04. The number of hydrogen-bond donors (Lipinski definition) is 4. The molecule has 1 aliphatic heterocycles. The molecule has 5 N–H and O–H groups in total. The van der Waals surface area contributed by atoms with Gasteiger partial charge in [-0.05, 0) is 0 Å². The third-order valence-electron chi connectivity index (χ3n) is 3.14. The first-order valence-corrected chi connectivity index (χ1v) is 5.68. The number of carboxylic acid groups (broad SMARTS) is 1. The van der Waals surface area contributed by atoms with Crippen molar-refractivity contribution in [2.45, 2.75) is 24.5 Å². The lowest BCUT2D eigenvalue weighted by molar-refractivity contribution is -0.155. The second-order valence-corrected chi connectivity index (χ2v) is 4.35. The summed E-state index contributed by atoms with van der Waals surface area (Å²) >= 11 is 0. The largest absolute Gasteiger partial charge is 0.479 e. The van der Waals surface area contributed by atoms with Crippen LogP contribution in [0.15, 0.2) is 12.7 Å². The standard InChI is InChI=1S/C10H11N5O5/c11-7-3-8(13-1-12-7)15(2-14-3)9-5(17)4(16)6(20-9)10(18)19/h1-2,4-6,9,16-17H,(H,18,19)(H2,11,12,13)/t4-,5+,6+,9-/m0/s1. The van der Waals surface area contributed by atoms with Crippen molar-refractivity contribution >= 4 is 23.0 Å². The highest BCUT2D eigenvalue weighted by Gasteiger charge is 2.47. The number of nitrogens with zero attached hydrogens (tertiary/aromatic N) is 4. The van der Waals surface area contributed by atoms with Crippen molar-refractivity contribution in [1.82, 2.24) is 19.5 Å². The molecule has 10 heteroatoms. The van der Waals surface area contributed by atoms with Gasteiger partial charge in [-0.2, -0.15) is 0 Å². The average Bonchev–Trinajstić information content (AvgIpc) is 2.94. The van der Waals surface area contributed by atoms with Crippen molar-refractivity contribution in [3.63, 3.8) is 0 Å². The van der Waals surface area contributed by atoms with Crippen LogP contribution in [-0.4, -0.2) is 59.1 Å². The number of carboxylic acids is 1. The van der Waals surface area contributed by atoms with E-state index in [-0.39, 0.29) is 11.5 Å². The zero-order valence-electron chi connectivity index (χ0n) is 9.99. The maximum absolute atomic E-state index is 10.9. The van der Waals surface area contributed by atoms with Gasteiger partial charge in [-0.3, -0.25) is 4.57 Å². The molecule has 1 saturated heterocycles. The predicted molar refractivity (Wildman–Crippen MR) is 63.3 cm³/mol. The van der Waals surface area contributed by atoms with Crippen LogP contribution in [-0.2, 0) is 9.53 Å². The van der Waals surface area contributed by atoms with Gasteiger partial charge < -0.3 is 25.8 Å². The number of ether oxygens (including phenoxy) is 1. The molecule has 2 aromatic rings. The van der Waals surface area contributed by atoms with Crippen LogP contribution in [0, 0.1) is 0 Å². The lowest BCUT2D eigenvalue weighted by atomic mass is 10.1. The third-order valence-corrected chi connectivity index (χ3v) is 3.14. The summed E-state index contributed by atoms with van der Waals surface area (Å²) in [7, 11) is 0.